The summed E-state index contributed by atoms with van der Waals surface area (Å²) in [7, 11) is 1.59. The summed E-state index contributed by atoms with van der Waals surface area (Å²) in [6.45, 7) is 21.1. The highest BCUT2D eigenvalue weighted by Crippen LogP contribution is 2.49. The van der Waals surface area contributed by atoms with Crippen molar-refractivity contribution in [2.45, 2.75) is 79.2 Å². The number of ether oxygens (including phenoxy) is 2. The molecule has 269 valence electrons. The van der Waals surface area contributed by atoms with Gasteiger partial charge in [0.05, 0.1) is 31.3 Å². The summed E-state index contributed by atoms with van der Waals surface area (Å²) in [6, 6.07) is 8.90. The van der Waals surface area contributed by atoms with Gasteiger partial charge in [0.25, 0.3) is 0 Å². The van der Waals surface area contributed by atoms with E-state index in [1.54, 1.807) is 13.2 Å². The predicted octanol–water partition coefficient (Wildman–Crippen LogP) is 8.10. The standard InChI is InChI=1S/C38H50F2N7O3/c1-36(2,3)38(7,37(4,5)6)47(22-24-12-9-13-24)16-11-17-50-31-21-29-26(20-30(31)49-8)35(42-23-41-29)44-32-18-25(45-46-32)19-33(48)43-28-15-10-14-27(39)34(28)40/h10,14-15,18,20-21,23-24H,7,9,11-13,16-17,19,22H2,1-6,8H3,(H,43,48)(H2,41,42,44,45,46). The summed E-state index contributed by atoms with van der Waals surface area (Å²) in [4.78, 5) is 24.0. The molecule has 50 heavy (non-hydrogen) atoms. The molecule has 1 fully saturated rings. The van der Waals surface area contributed by atoms with Gasteiger partial charge in [-0.25, -0.2) is 18.7 Å². The highest BCUT2D eigenvalue weighted by atomic mass is 19.2. The Hall–Kier alpha value is -4.32. The Morgan fingerprint density at radius 2 is 1.80 bits per heavy atom. The quantitative estimate of drug-likeness (QED) is 0.114. The van der Waals surface area contributed by atoms with Crippen LogP contribution in [0.15, 0.2) is 42.7 Å². The highest BCUT2D eigenvalue weighted by Gasteiger charge is 2.51. The van der Waals surface area contributed by atoms with Crippen molar-refractivity contribution in [1.82, 2.24) is 25.1 Å². The number of hydrogen-bond acceptors (Lipinski definition) is 8. The molecule has 0 atom stereocenters. The molecule has 0 unspecified atom stereocenters. The van der Waals surface area contributed by atoms with Crippen molar-refractivity contribution in [2.24, 2.45) is 16.7 Å². The number of nitrogens with zero attached hydrogens (tertiary/aromatic N) is 4. The molecule has 0 spiro atoms. The molecule has 4 aromatic rings. The Morgan fingerprint density at radius 1 is 1.06 bits per heavy atom. The van der Waals surface area contributed by atoms with Gasteiger partial charge < -0.3 is 20.1 Å². The molecular formula is C38H50F2N7O3. The van der Waals surface area contributed by atoms with Crippen LogP contribution in [0.3, 0.4) is 0 Å². The van der Waals surface area contributed by atoms with Crippen molar-refractivity contribution in [3.63, 3.8) is 0 Å². The molecule has 0 bridgehead atoms. The number of rotatable bonds is 14. The number of methoxy groups -OCH3 is 1. The third-order valence-corrected chi connectivity index (χ3v) is 9.93. The minimum atomic E-state index is -1.12. The van der Waals surface area contributed by atoms with Crippen LogP contribution in [0.4, 0.5) is 26.1 Å². The maximum absolute atomic E-state index is 14.0. The van der Waals surface area contributed by atoms with Crippen LogP contribution in [-0.4, -0.2) is 63.3 Å². The molecule has 5 rings (SSSR count). The Balaban J connectivity index is 1.25. The predicted molar refractivity (Wildman–Crippen MR) is 193 cm³/mol. The maximum atomic E-state index is 14.0. The van der Waals surface area contributed by atoms with E-state index in [0.717, 1.165) is 31.5 Å². The van der Waals surface area contributed by atoms with Crippen LogP contribution in [0.1, 0.15) is 72.9 Å². The second kappa shape index (κ2) is 14.9. The van der Waals surface area contributed by atoms with Crippen LogP contribution in [0, 0.1) is 35.3 Å². The number of nitrogens with one attached hydrogen (secondary N) is 3. The molecule has 1 aliphatic carbocycles. The second-order valence-electron chi connectivity index (χ2n) is 15.3. The topological polar surface area (TPSA) is 117 Å². The van der Waals surface area contributed by atoms with Crippen LogP contribution < -0.4 is 20.1 Å². The van der Waals surface area contributed by atoms with Crippen molar-refractivity contribution >= 4 is 34.1 Å². The number of carbonyl (C=O) groups excluding carboxylic acids is 1. The molecule has 0 aliphatic heterocycles. The summed E-state index contributed by atoms with van der Waals surface area (Å²) in [6.07, 6.45) is 6.01. The number of halogens is 2. The zero-order valence-electron chi connectivity index (χ0n) is 30.3. The molecule has 12 heteroatoms. The normalized spacial score (nSPS) is 14.1. The number of carbonyl (C=O) groups is 1. The van der Waals surface area contributed by atoms with Crippen molar-refractivity contribution in [1.29, 1.82) is 0 Å². The number of H-pyrrole nitrogens is 1. The maximum Gasteiger partial charge on any atom is 0.230 e. The Bertz CT molecular complexity index is 1780. The van der Waals surface area contributed by atoms with E-state index < -0.39 is 17.5 Å². The lowest BCUT2D eigenvalue weighted by molar-refractivity contribution is -0.115. The number of amides is 1. The summed E-state index contributed by atoms with van der Waals surface area (Å²) >= 11 is 0. The molecule has 1 aliphatic rings. The van der Waals surface area contributed by atoms with E-state index in [0.29, 0.717) is 46.3 Å². The van der Waals surface area contributed by atoms with E-state index >= 15 is 0 Å². The number of anilines is 3. The number of fused-ring (bicyclic) bond motifs is 1. The fourth-order valence-corrected chi connectivity index (χ4v) is 6.98. The zero-order valence-corrected chi connectivity index (χ0v) is 30.3. The molecule has 2 heterocycles. The first-order chi connectivity index (χ1) is 23.6. The molecular weight excluding hydrogens is 640 g/mol. The zero-order chi connectivity index (χ0) is 36.3. The molecule has 0 saturated heterocycles. The van der Waals surface area contributed by atoms with Crippen LogP contribution in [0.5, 0.6) is 11.5 Å². The van der Waals surface area contributed by atoms with Crippen LogP contribution in [0.2, 0.25) is 0 Å². The minimum Gasteiger partial charge on any atom is -0.493 e. The van der Waals surface area contributed by atoms with Gasteiger partial charge in [0.1, 0.15) is 12.1 Å². The van der Waals surface area contributed by atoms with Crippen molar-refractivity contribution in [3.8, 4) is 11.5 Å². The molecule has 10 nitrogen and oxygen atoms in total. The Kier molecular flexibility index (Phi) is 11.0. The molecule has 1 radical (unpaired) electrons. The largest absolute Gasteiger partial charge is 0.493 e. The lowest BCUT2D eigenvalue weighted by Gasteiger charge is -2.59. The SMILES string of the molecule is [CH2]C(N(CCCOc1cc2ncnc(Nc3cc(CC(=O)Nc4cccc(F)c4F)[nH]n3)c2cc1OC)CC1CCC1)(C(C)(C)C)C(C)(C)C. The van der Waals surface area contributed by atoms with Gasteiger partial charge in [-0.15, -0.1) is 0 Å². The molecule has 1 amide bonds. The van der Waals surface area contributed by atoms with Crippen molar-refractivity contribution in [3.05, 3.63) is 67.0 Å². The Morgan fingerprint density at radius 3 is 2.46 bits per heavy atom. The van der Waals surface area contributed by atoms with Crippen LogP contribution in [-0.2, 0) is 11.2 Å². The first kappa shape index (κ1) is 36.9. The molecule has 2 aromatic carbocycles. The summed E-state index contributed by atoms with van der Waals surface area (Å²) in [5, 5.41) is 13.3. The van der Waals surface area contributed by atoms with Crippen molar-refractivity contribution in [2.75, 3.05) is 37.4 Å². The third kappa shape index (κ3) is 8.01. The monoisotopic (exact) mass is 690 g/mol. The fourth-order valence-electron chi connectivity index (χ4n) is 6.98. The second-order valence-corrected chi connectivity index (χ2v) is 15.3. The van der Waals surface area contributed by atoms with E-state index in [2.05, 4.69) is 77.2 Å². The lowest BCUT2D eigenvalue weighted by Crippen LogP contribution is -2.64. The van der Waals surface area contributed by atoms with E-state index in [1.807, 2.05) is 12.1 Å². The van der Waals surface area contributed by atoms with Gasteiger partial charge in [-0.1, -0.05) is 54.0 Å². The lowest BCUT2D eigenvalue weighted by atomic mass is 9.59. The first-order valence-corrected chi connectivity index (χ1v) is 17.2. The average molecular weight is 691 g/mol. The van der Waals surface area contributed by atoms with Crippen LogP contribution >= 0.6 is 0 Å². The summed E-state index contributed by atoms with van der Waals surface area (Å²) in [5.74, 6) is 0.0453. The molecule has 2 aromatic heterocycles. The number of aromatic amines is 1. The van der Waals surface area contributed by atoms with Gasteiger partial charge in [-0.2, -0.15) is 5.10 Å². The van der Waals surface area contributed by atoms with Gasteiger partial charge in [-0.3, -0.25) is 14.8 Å². The fraction of sp³-hybridized carbons (Fsp3) is 0.500. The minimum absolute atomic E-state index is 0.0279. The number of hydrogen-bond donors (Lipinski definition) is 3. The smallest absolute Gasteiger partial charge is 0.230 e. The first-order valence-electron chi connectivity index (χ1n) is 17.2. The molecule has 3 N–H and O–H groups in total. The highest BCUT2D eigenvalue weighted by molar-refractivity contribution is 5.93. The Labute approximate surface area is 293 Å². The van der Waals surface area contributed by atoms with E-state index in [-0.39, 0.29) is 28.5 Å². The van der Waals surface area contributed by atoms with Gasteiger partial charge in [-0.05, 0) is 61.1 Å². The number of aromatic nitrogens is 4. The van der Waals surface area contributed by atoms with E-state index in [4.69, 9.17) is 16.4 Å². The van der Waals surface area contributed by atoms with E-state index in [1.165, 1.54) is 37.7 Å². The third-order valence-electron chi connectivity index (χ3n) is 9.93. The van der Waals surface area contributed by atoms with Gasteiger partial charge in [0.2, 0.25) is 5.91 Å². The van der Waals surface area contributed by atoms with Gasteiger partial charge in [0.15, 0.2) is 29.0 Å². The average Bonchev–Trinajstić information content (AvgIpc) is 3.46. The number of benzene rings is 2. The van der Waals surface area contributed by atoms with Gasteiger partial charge >= 0.3 is 0 Å². The molecule has 1 saturated carbocycles. The van der Waals surface area contributed by atoms with Crippen molar-refractivity contribution < 1.29 is 23.0 Å². The van der Waals surface area contributed by atoms with E-state index in [9.17, 15) is 13.6 Å². The van der Waals surface area contributed by atoms with Crippen LogP contribution in [0.25, 0.3) is 10.9 Å². The summed E-state index contributed by atoms with van der Waals surface area (Å²) in [5.41, 5.74) is 0.556. The summed E-state index contributed by atoms with van der Waals surface area (Å²) < 4.78 is 39.5. The van der Waals surface area contributed by atoms with Gasteiger partial charge in [0, 0.05) is 41.8 Å².